The van der Waals surface area contributed by atoms with Crippen molar-refractivity contribution < 1.29 is 18.7 Å². The average molecular weight is 512 g/mol. The summed E-state index contributed by atoms with van der Waals surface area (Å²) in [6.45, 7) is 9.06. The fourth-order valence-corrected chi connectivity index (χ4v) is 5.01. The van der Waals surface area contributed by atoms with E-state index in [9.17, 15) is 9.59 Å². The summed E-state index contributed by atoms with van der Waals surface area (Å²) in [7, 11) is 0. The first-order chi connectivity index (χ1) is 18.4. The number of hydrogen-bond donors (Lipinski definition) is 0. The molecule has 38 heavy (non-hydrogen) atoms. The monoisotopic (exact) mass is 511 g/mol. The molecule has 6 heteroatoms. The SMILES string of the molecule is CCCCCOc1ccc(C2c3c(oc4cc(C)c(C)cc4c3=O)C(=O)N2c2ccccc2)cc1OCC. The first kappa shape index (κ1) is 25.6. The van der Waals surface area contributed by atoms with E-state index in [2.05, 4.69) is 6.92 Å². The van der Waals surface area contributed by atoms with Gasteiger partial charge in [0.2, 0.25) is 5.76 Å². The molecular formula is C32H33NO5. The Morgan fingerprint density at radius 1 is 0.868 bits per heavy atom. The van der Waals surface area contributed by atoms with E-state index in [-0.39, 0.29) is 17.1 Å². The third kappa shape index (κ3) is 4.55. The highest BCUT2D eigenvalue weighted by molar-refractivity contribution is 6.10. The van der Waals surface area contributed by atoms with Gasteiger partial charge in [0.1, 0.15) is 5.58 Å². The third-order valence-corrected chi connectivity index (χ3v) is 7.11. The summed E-state index contributed by atoms with van der Waals surface area (Å²) >= 11 is 0. The highest BCUT2D eigenvalue weighted by Crippen LogP contribution is 2.43. The highest BCUT2D eigenvalue weighted by atomic mass is 16.5. The molecule has 4 aromatic rings. The van der Waals surface area contributed by atoms with Gasteiger partial charge in [-0.3, -0.25) is 14.5 Å². The van der Waals surface area contributed by atoms with Gasteiger partial charge in [0.05, 0.1) is 30.2 Å². The van der Waals surface area contributed by atoms with Crippen molar-refractivity contribution in [3.05, 3.63) is 98.9 Å². The van der Waals surface area contributed by atoms with Gasteiger partial charge in [-0.1, -0.05) is 44.0 Å². The topological polar surface area (TPSA) is 69.0 Å². The maximum atomic E-state index is 14.0. The van der Waals surface area contributed by atoms with Crippen molar-refractivity contribution in [2.75, 3.05) is 18.1 Å². The molecule has 0 spiro atoms. The van der Waals surface area contributed by atoms with Gasteiger partial charge in [-0.15, -0.1) is 0 Å². The average Bonchev–Trinajstić information content (AvgIpc) is 3.21. The van der Waals surface area contributed by atoms with Crippen LogP contribution in [0.1, 0.15) is 72.0 Å². The Hall–Kier alpha value is -4.06. The summed E-state index contributed by atoms with van der Waals surface area (Å²) in [5.74, 6) is 0.981. The molecule has 6 nitrogen and oxygen atoms in total. The molecule has 1 amide bonds. The van der Waals surface area contributed by atoms with E-state index < -0.39 is 6.04 Å². The molecule has 0 saturated carbocycles. The van der Waals surface area contributed by atoms with Crippen LogP contribution in [0.5, 0.6) is 11.5 Å². The number of nitrogens with zero attached hydrogens (tertiary/aromatic N) is 1. The Bertz CT molecular complexity index is 1540. The van der Waals surface area contributed by atoms with E-state index in [0.717, 1.165) is 36.0 Å². The Kier molecular flexibility index (Phi) is 7.23. The standard InChI is InChI=1S/C32H33NO5/c1-5-7-11-16-37-25-15-14-22(19-27(25)36-6-2)29-28-30(34)24-17-20(3)21(4)18-26(24)38-31(28)32(35)33(29)23-12-9-8-10-13-23/h8-10,12-15,17-19,29H,5-7,11,16H2,1-4H3. The normalized spacial score (nSPS) is 14.7. The van der Waals surface area contributed by atoms with Crippen molar-refractivity contribution in [2.24, 2.45) is 0 Å². The van der Waals surface area contributed by atoms with Crippen molar-refractivity contribution in [2.45, 2.75) is 53.0 Å². The molecule has 0 fully saturated rings. The predicted octanol–water partition coefficient (Wildman–Crippen LogP) is 7.13. The van der Waals surface area contributed by atoms with Gasteiger partial charge in [-0.25, -0.2) is 0 Å². The minimum Gasteiger partial charge on any atom is -0.490 e. The van der Waals surface area contributed by atoms with E-state index in [1.165, 1.54) is 0 Å². The second kappa shape index (κ2) is 10.7. The van der Waals surface area contributed by atoms with E-state index >= 15 is 0 Å². The van der Waals surface area contributed by atoms with Crippen LogP contribution < -0.4 is 19.8 Å². The van der Waals surface area contributed by atoms with Crippen molar-refractivity contribution >= 4 is 22.6 Å². The molecule has 1 aromatic heterocycles. The molecular weight excluding hydrogens is 478 g/mol. The smallest absolute Gasteiger partial charge is 0.295 e. The van der Waals surface area contributed by atoms with E-state index in [4.69, 9.17) is 13.9 Å². The van der Waals surface area contributed by atoms with Gasteiger partial charge in [0.25, 0.3) is 5.91 Å². The number of aryl methyl sites for hydroxylation is 2. The number of fused-ring (bicyclic) bond motifs is 2. The zero-order valence-corrected chi connectivity index (χ0v) is 22.4. The molecule has 1 atom stereocenters. The lowest BCUT2D eigenvalue weighted by Gasteiger charge is -2.26. The first-order valence-electron chi connectivity index (χ1n) is 13.3. The van der Waals surface area contributed by atoms with Crippen LogP contribution in [0.4, 0.5) is 5.69 Å². The molecule has 196 valence electrons. The molecule has 1 aliphatic heterocycles. The van der Waals surface area contributed by atoms with Crippen LogP contribution in [-0.2, 0) is 0 Å². The zero-order valence-electron chi connectivity index (χ0n) is 22.4. The number of hydrogen-bond acceptors (Lipinski definition) is 5. The Labute approximate surface area is 222 Å². The summed E-state index contributed by atoms with van der Waals surface area (Å²) < 4.78 is 18.1. The minimum atomic E-state index is -0.671. The number of anilines is 1. The largest absolute Gasteiger partial charge is 0.490 e. The Morgan fingerprint density at radius 2 is 1.63 bits per heavy atom. The fraction of sp³-hybridized carbons (Fsp3) is 0.312. The number of benzene rings is 3. The summed E-state index contributed by atoms with van der Waals surface area (Å²) in [6.07, 6.45) is 3.17. The van der Waals surface area contributed by atoms with Crippen LogP contribution in [0.2, 0.25) is 0 Å². The molecule has 0 saturated heterocycles. The fourth-order valence-electron chi connectivity index (χ4n) is 5.01. The summed E-state index contributed by atoms with van der Waals surface area (Å²) in [4.78, 5) is 29.5. The minimum absolute atomic E-state index is 0.0810. The third-order valence-electron chi connectivity index (χ3n) is 7.11. The molecule has 1 unspecified atom stereocenters. The second-order valence-electron chi connectivity index (χ2n) is 9.71. The number of ether oxygens (including phenoxy) is 2. The van der Waals surface area contributed by atoms with Gasteiger partial charge >= 0.3 is 0 Å². The number of unbranched alkanes of at least 4 members (excludes halogenated alkanes) is 2. The molecule has 0 N–H and O–H groups in total. The van der Waals surface area contributed by atoms with Gasteiger partial charge in [-0.05, 0) is 80.3 Å². The van der Waals surface area contributed by atoms with Crippen LogP contribution in [0, 0.1) is 13.8 Å². The highest BCUT2D eigenvalue weighted by Gasteiger charge is 2.44. The predicted molar refractivity (Wildman–Crippen MR) is 150 cm³/mol. The molecule has 1 aliphatic rings. The van der Waals surface area contributed by atoms with Gasteiger partial charge < -0.3 is 13.9 Å². The number of amides is 1. The van der Waals surface area contributed by atoms with Crippen LogP contribution in [0.15, 0.2) is 69.9 Å². The summed E-state index contributed by atoms with van der Waals surface area (Å²) in [6, 6.07) is 18.0. The van der Waals surface area contributed by atoms with Crippen molar-refractivity contribution in [1.82, 2.24) is 0 Å². The zero-order chi connectivity index (χ0) is 26.8. The van der Waals surface area contributed by atoms with Gasteiger partial charge in [0, 0.05) is 5.69 Å². The van der Waals surface area contributed by atoms with Crippen molar-refractivity contribution in [3.8, 4) is 11.5 Å². The van der Waals surface area contributed by atoms with E-state index in [0.29, 0.717) is 46.9 Å². The Balaban J connectivity index is 1.68. The van der Waals surface area contributed by atoms with Crippen LogP contribution in [0.25, 0.3) is 11.0 Å². The van der Waals surface area contributed by atoms with Crippen molar-refractivity contribution in [1.29, 1.82) is 0 Å². The maximum absolute atomic E-state index is 14.0. The van der Waals surface area contributed by atoms with E-state index in [1.54, 1.807) is 4.90 Å². The number of carbonyl (C=O) groups excluding carboxylic acids is 1. The first-order valence-corrected chi connectivity index (χ1v) is 13.3. The van der Waals surface area contributed by atoms with Gasteiger partial charge in [-0.2, -0.15) is 0 Å². The van der Waals surface area contributed by atoms with Gasteiger partial charge in [0.15, 0.2) is 16.9 Å². The number of rotatable bonds is 9. The molecule has 0 aliphatic carbocycles. The lowest BCUT2D eigenvalue weighted by Crippen LogP contribution is -2.29. The molecule has 3 aromatic carbocycles. The quantitative estimate of drug-likeness (QED) is 0.224. The molecule has 0 radical (unpaired) electrons. The number of para-hydroxylation sites is 1. The molecule has 5 rings (SSSR count). The van der Waals surface area contributed by atoms with Crippen LogP contribution in [0.3, 0.4) is 0 Å². The van der Waals surface area contributed by atoms with Crippen LogP contribution in [-0.4, -0.2) is 19.1 Å². The summed E-state index contributed by atoms with van der Waals surface area (Å²) in [5.41, 5.74) is 3.99. The second-order valence-corrected chi connectivity index (χ2v) is 9.71. The van der Waals surface area contributed by atoms with Crippen molar-refractivity contribution in [3.63, 3.8) is 0 Å². The van der Waals surface area contributed by atoms with E-state index in [1.807, 2.05) is 81.4 Å². The number of carbonyl (C=O) groups is 1. The summed E-state index contributed by atoms with van der Waals surface area (Å²) in [5, 5.41) is 0.473. The molecule has 2 heterocycles. The lowest BCUT2D eigenvalue weighted by atomic mass is 9.97. The maximum Gasteiger partial charge on any atom is 0.295 e. The van der Waals surface area contributed by atoms with Crippen LogP contribution >= 0.6 is 0 Å². The lowest BCUT2D eigenvalue weighted by molar-refractivity contribution is 0.0971. The Morgan fingerprint density at radius 3 is 2.37 bits per heavy atom. The molecule has 0 bridgehead atoms.